The first kappa shape index (κ1) is 14.9. The van der Waals surface area contributed by atoms with Gasteiger partial charge in [0.1, 0.15) is 5.82 Å². The molecule has 1 saturated heterocycles. The summed E-state index contributed by atoms with van der Waals surface area (Å²) in [4.78, 5) is 17.2. The van der Waals surface area contributed by atoms with Gasteiger partial charge in [0.2, 0.25) is 0 Å². The number of urea groups is 1. The van der Waals surface area contributed by atoms with Crippen molar-refractivity contribution in [2.75, 3.05) is 13.1 Å². The second-order valence-corrected chi connectivity index (χ2v) is 6.18. The molecule has 1 atom stereocenters. The van der Waals surface area contributed by atoms with Crippen LogP contribution in [-0.2, 0) is 13.0 Å². The molecule has 0 aliphatic carbocycles. The van der Waals surface area contributed by atoms with Gasteiger partial charge < -0.3 is 15.2 Å². The molecule has 2 heterocycles. The van der Waals surface area contributed by atoms with E-state index in [0.29, 0.717) is 24.4 Å². The number of carbonyl (C=O) groups excluding carboxylic acids is 1. The zero-order chi connectivity index (χ0) is 15.7. The number of aromatic amines is 1. The van der Waals surface area contributed by atoms with Crippen LogP contribution >= 0.6 is 0 Å². The van der Waals surface area contributed by atoms with Crippen molar-refractivity contribution < 1.29 is 9.18 Å². The van der Waals surface area contributed by atoms with Gasteiger partial charge in [0.15, 0.2) is 0 Å². The molecule has 5 heteroatoms. The topological polar surface area (TPSA) is 48.1 Å². The molecule has 2 N–H and O–H groups in total. The Morgan fingerprint density at radius 3 is 2.95 bits per heavy atom. The number of likely N-dealkylation sites (tertiary alicyclic amines) is 1. The summed E-state index contributed by atoms with van der Waals surface area (Å²) in [7, 11) is 0. The van der Waals surface area contributed by atoms with Crippen LogP contribution in [0.5, 0.6) is 0 Å². The normalized spacial score (nSPS) is 18.1. The van der Waals surface area contributed by atoms with Crippen molar-refractivity contribution in [3.8, 4) is 0 Å². The molecule has 1 unspecified atom stereocenters. The van der Waals surface area contributed by atoms with Crippen LogP contribution in [0.15, 0.2) is 18.2 Å². The van der Waals surface area contributed by atoms with Crippen LogP contribution in [0.2, 0.25) is 0 Å². The minimum Gasteiger partial charge on any atom is -0.357 e. The molecule has 1 aromatic heterocycles. The number of halogens is 1. The largest absolute Gasteiger partial charge is 0.357 e. The van der Waals surface area contributed by atoms with Crippen molar-refractivity contribution in [2.45, 2.75) is 33.2 Å². The quantitative estimate of drug-likeness (QED) is 0.897. The van der Waals surface area contributed by atoms with E-state index < -0.39 is 0 Å². The monoisotopic (exact) mass is 303 g/mol. The highest BCUT2D eigenvalue weighted by Gasteiger charge is 2.22. The minimum atomic E-state index is -0.171. The molecule has 1 aromatic carbocycles. The summed E-state index contributed by atoms with van der Waals surface area (Å²) in [5.74, 6) is 0.407. The summed E-state index contributed by atoms with van der Waals surface area (Å²) in [6, 6.07) is 5.27. The van der Waals surface area contributed by atoms with E-state index in [-0.39, 0.29) is 11.8 Å². The Morgan fingerprint density at radius 1 is 1.45 bits per heavy atom. The fraction of sp³-hybridized carbons (Fsp3) is 0.471. The first-order valence-electron chi connectivity index (χ1n) is 7.89. The molecule has 4 nitrogen and oxygen atoms in total. The molecule has 0 saturated carbocycles. The molecule has 118 valence electrons. The van der Waals surface area contributed by atoms with Gasteiger partial charge in [-0.15, -0.1) is 0 Å². The molecule has 1 fully saturated rings. The maximum absolute atomic E-state index is 13.8. The second-order valence-electron chi connectivity index (χ2n) is 6.18. The predicted molar refractivity (Wildman–Crippen MR) is 85.2 cm³/mol. The fourth-order valence-electron chi connectivity index (χ4n) is 3.03. The Bertz CT molecular complexity index is 695. The molecule has 1 aliphatic heterocycles. The van der Waals surface area contributed by atoms with E-state index >= 15 is 0 Å². The molecule has 0 spiro atoms. The first-order chi connectivity index (χ1) is 10.6. The second kappa shape index (κ2) is 5.99. The number of hydrogen-bond donors (Lipinski definition) is 2. The van der Waals surface area contributed by atoms with E-state index in [1.807, 2.05) is 24.0 Å². The summed E-state index contributed by atoms with van der Waals surface area (Å²) >= 11 is 0. The standard InChI is InChI=1S/C17H22FN3O/c1-3-12-8-16-13(7-15(12)18)6-14(20-16)9-19-17(22)21-5-4-11(2)10-21/h6-8,11,20H,3-5,9-10H2,1-2H3,(H,19,22). The summed E-state index contributed by atoms with van der Waals surface area (Å²) in [6.45, 7) is 6.17. The van der Waals surface area contributed by atoms with E-state index in [2.05, 4.69) is 17.2 Å². The number of rotatable bonds is 3. The van der Waals surface area contributed by atoms with Crippen molar-refractivity contribution in [3.05, 3.63) is 35.3 Å². The molecular weight excluding hydrogens is 281 g/mol. The van der Waals surface area contributed by atoms with Crippen LogP contribution in [0.3, 0.4) is 0 Å². The number of amides is 2. The predicted octanol–water partition coefficient (Wildman–Crippen LogP) is 3.42. The Hall–Kier alpha value is -2.04. The van der Waals surface area contributed by atoms with Crippen molar-refractivity contribution in [2.24, 2.45) is 5.92 Å². The summed E-state index contributed by atoms with van der Waals surface area (Å²) in [5.41, 5.74) is 2.51. The number of carbonyl (C=O) groups is 1. The Kier molecular flexibility index (Phi) is 4.05. The van der Waals surface area contributed by atoms with Gasteiger partial charge in [0.05, 0.1) is 6.54 Å². The minimum absolute atomic E-state index is 0.0246. The van der Waals surface area contributed by atoms with Gasteiger partial charge in [-0.25, -0.2) is 9.18 Å². The van der Waals surface area contributed by atoms with Crippen molar-refractivity contribution >= 4 is 16.9 Å². The van der Waals surface area contributed by atoms with Crippen molar-refractivity contribution in [1.82, 2.24) is 15.2 Å². The Morgan fingerprint density at radius 2 is 2.27 bits per heavy atom. The van der Waals surface area contributed by atoms with E-state index in [4.69, 9.17) is 0 Å². The summed E-state index contributed by atoms with van der Waals surface area (Å²) < 4.78 is 13.8. The maximum Gasteiger partial charge on any atom is 0.317 e. The van der Waals surface area contributed by atoms with E-state index in [0.717, 1.165) is 36.1 Å². The van der Waals surface area contributed by atoms with Crippen molar-refractivity contribution in [3.63, 3.8) is 0 Å². The number of fused-ring (bicyclic) bond motifs is 1. The zero-order valence-electron chi connectivity index (χ0n) is 13.1. The van der Waals surface area contributed by atoms with Gasteiger partial charge in [0.25, 0.3) is 0 Å². The smallest absolute Gasteiger partial charge is 0.317 e. The van der Waals surface area contributed by atoms with Gasteiger partial charge in [-0.2, -0.15) is 0 Å². The number of benzene rings is 1. The lowest BCUT2D eigenvalue weighted by atomic mass is 10.1. The molecule has 0 bridgehead atoms. The fourth-order valence-corrected chi connectivity index (χ4v) is 3.03. The highest BCUT2D eigenvalue weighted by atomic mass is 19.1. The highest BCUT2D eigenvalue weighted by molar-refractivity contribution is 5.81. The number of aryl methyl sites for hydroxylation is 1. The van der Waals surface area contributed by atoms with Crippen LogP contribution in [0.4, 0.5) is 9.18 Å². The van der Waals surface area contributed by atoms with E-state index in [1.165, 1.54) is 0 Å². The van der Waals surface area contributed by atoms with Gasteiger partial charge in [0, 0.05) is 29.7 Å². The van der Waals surface area contributed by atoms with Crippen LogP contribution in [-0.4, -0.2) is 29.0 Å². The number of nitrogens with one attached hydrogen (secondary N) is 2. The lowest BCUT2D eigenvalue weighted by Gasteiger charge is -2.16. The molecule has 1 aliphatic rings. The average molecular weight is 303 g/mol. The molecule has 22 heavy (non-hydrogen) atoms. The maximum atomic E-state index is 13.8. The van der Waals surface area contributed by atoms with Gasteiger partial charge in [-0.05, 0) is 42.5 Å². The van der Waals surface area contributed by atoms with E-state index in [1.54, 1.807) is 6.07 Å². The van der Waals surface area contributed by atoms with Gasteiger partial charge >= 0.3 is 6.03 Å². The number of hydrogen-bond acceptors (Lipinski definition) is 1. The van der Waals surface area contributed by atoms with E-state index in [9.17, 15) is 9.18 Å². The first-order valence-corrected chi connectivity index (χ1v) is 7.89. The third kappa shape index (κ3) is 2.93. The van der Waals surface area contributed by atoms with Crippen LogP contribution < -0.4 is 5.32 Å². The number of aromatic nitrogens is 1. The number of H-pyrrole nitrogens is 1. The van der Waals surface area contributed by atoms with Gasteiger partial charge in [-0.3, -0.25) is 0 Å². The molecule has 0 radical (unpaired) electrons. The van der Waals surface area contributed by atoms with Gasteiger partial charge in [-0.1, -0.05) is 13.8 Å². The van der Waals surface area contributed by atoms with Crippen LogP contribution in [0.25, 0.3) is 10.9 Å². The lowest BCUT2D eigenvalue weighted by molar-refractivity contribution is 0.207. The summed E-state index contributed by atoms with van der Waals surface area (Å²) in [5, 5.41) is 3.77. The van der Waals surface area contributed by atoms with Crippen molar-refractivity contribution in [1.29, 1.82) is 0 Å². The number of nitrogens with zero attached hydrogens (tertiary/aromatic N) is 1. The Balaban J connectivity index is 1.68. The Labute approximate surface area is 129 Å². The average Bonchev–Trinajstić information content (AvgIpc) is 3.09. The lowest BCUT2D eigenvalue weighted by Crippen LogP contribution is -2.38. The molecular formula is C17H22FN3O. The van der Waals surface area contributed by atoms with Crippen LogP contribution in [0, 0.1) is 11.7 Å². The van der Waals surface area contributed by atoms with Crippen LogP contribution in [0.1, 0.15) is 31.5 Å². The molecule has 2 amide bonds. The third-order valence-corrected chi connectivity index (χ3v) is 4.37. The third-order valence-electron chi connectivity index (χ3n) is 4.37. The highest BCUT2D eigenvalue weighted by Crippen LogP contribution is 2.21. The zero-order valence-corrected chi connectivity index (χ0v) is 13.1. The molecule has 3 rings (SSSR count). The SMILES string of the molecule is CCc1cc2[nH]c(CNC(=O)N3CCC(C)C3)cc2cc1F. The molecule has 2 aromatic rings. The summed E-state index contributed by atoms with van der Waals surface area (Å²) in [6.07, 6.45) is 1.74.